The van der Waals surface area contributed by atoms with Crippen molar-refractivity contribution >= 4 is 32.8 Å². The monoisotopic (exact) mass is 443 g/mol. The fourth-order valence-electron chi connectivity index (χ4n) is 3.25. The maximum absolute atomic E-state index is 12.7. The van der Waals surface area contributed by atoms with E-state index < -0.39 is 21.8 Å². The molecule has 2 aromatic carbocycles. The van der Waals surface area contributed by atoms with Crippen LogP contribution in [0.2, 0.25) is 0 Å². The van der Waals surface area contributed by atoms with Gasteiger partial charge in [0, 0.05) is 29.6 Å². The number of sulfonamides is 1. The zero-order valence-electron chi connectivity index (χ0n) is 17.6. The van der Waals surface area contributed by atoms with E-state index >= 15 is 0 Å². The summed E-state index contributed by atoms with van der Waals surface area (Å²) < 4.78 is 32.1. The van der Waals surface area contributed by atoms with Gasteiger partial charge in [-0.25, -0.2) is 8.42 Å². The number of hydrogen-bond acceptors (Lipinski definition) is 5. The first-order chi connectivity index (χ1) is 14.8. The third-order valence-electron chi connectivity index (χ3n) is 4.92. The van der Waals surface area contributed by atoms with E-state index in [2.05, 4.69) is 10.9 Å². The van der Waals surface area contributed by atoms with E-state index in [0.29, 0.717) is 24.2 Å². The fourth-order valence-corrected chi connectivity index (χ4v) is 4.76. The predicted molar refractivity (Wildman–Crippen MR) is 117 cm³/mol. The average Bonchev–Trinajstić information content (AvgIpc) is 3.14. The van der Waals surface area contributed by atoms with E-state index in [1.54, 1.807) is 13.8 Å². The zero-order chi connectivity index (χ0) is 22.6. The van der Waals surface area contributed by atoms with Crippen LogP contribution in [-0.4, -0.2) is 37.6 Å². The molecule has 0 spiro atoms. The molecule has 164 valence electrons. The highest BCUT2D eigenvalue weighted by Crippen LogP contribution is 2.22. The predicted octanol–water partition coefficient (Wildman–Crippen LogP) is 2.78. The summed E-state index contributed by atoms with van der Waals surface area (Å²) in [5.74, 6) is -1.04. The van der Waals surface area contributed by atoms with E-state index in [9.17, 15) is 18.0 Å². The minimum atomic E-state index is -3.69. The van der Waals surface area contributed by atoms with Crippen LogP contribution in [0.15, 0.2) is 58.0 Å². The van der Waals surface area contributed by atoms with Gasteiger partial charge in [-0.2, -0.15) is 4.31 Å². The molecule has 0 aliphatic carbocycles. The largest absolute Gasteiger partial charge is 0.464 e. The lowest BCUT2D eigenvalue weighted by Gasteiger charge is -2.18. The van der Waals surface area contributed by atoms with Gasteiger partial charge >= 0.3 is 0 Å². The van der Waals surface area contributed by atoms with E-state index in [0.717, 1.165) is 10.9 Å². The number of carbonyl (C=O) groups excluding carboxylic acids is 2. The molecule has 0 radical (unpaired) electrons. The first-order valence-corrected chi connectivity index (χ1v) is 11.4. The molecular weight excluding hydrogens is 418 g/mol. The number of amides is 2. The van der Waals surface area contributed by atoms with Gasteiger partial charge < -0.3 is 4.42 Å². The highest BCUT2D eigenvalue weighted by Gasteiger charge is 2.22. The Bertz CT molecular complexity index is 1210. The van der Waals surface area contributed by atoms with Gasteiger partial charge in [-0.05, 0) is 36.8 Å². The number of furan rings is 1. The molecule has 3 aromatic rings. The summed E-state index contributed by atoms with van der Waals surface area (Å²) in [6, 6.07) is 11.4. The molecule has 2 amide bonds. The highest BCUT2D eigenvalue weighted by molar-refractivity contribution is 7.89. The normalized spacial score (nSPS) is 11.6. The second-order valence-corrected chi connectivity index (χ2v) is 8.99. The molecular formula is C22H25N3O5S. The van der Waals surface area contributed by atoms with Crippen molar-refractivity contribution in [3.05, 3.63) is 65.4 Å². The third-order valence-corrected chi connectivity index (χ3v) is 6.96. The molecule has 0 atom stereocenters. The second-order valence-electron chi connectivity index (χ2n) is 7.06. The van der Waals surface area contributed by atoms with Crippen LogP contribution in [0.5, 0.6) is 0 Å². The molecule has 8 nitrogen and oxygen atoms in total. The van der Waals surface area contributed by atoms with E-state index in [1.807, 2.05) is 25.1 Å². The van der Waals surface area contributed by atoms with Gasteiger partial charge in [-0.15, -0.1) is 0 Å². The van der Waals surface area contributed by atoms with Crippen LogP contribution in [0.1, 0.15) is 35.3 Å². The maximum atomic E-state index is 12.7. The molecule has 2 N–H and O–H groups in total. The third kappa shape index (κ3) is 4.95. The van der Waals surface area contributed by atoms with Crippen molar-refractivity contribution in [1.29, 1.82) is 0 Å². The number of rotatable bonds is 7. The second kappa shape index (κ2) is 9.32. The number of nitrogens with one attached hydrogen (secondary N) is 2. The Labute approximate surface area is 181 Å². The van der Waals surface area contributed by atoms with Crippen LogP contribution in [0.4, 0.5) is 0 Å². The minimum absolute atomic E-state index is 0.0206. The average molecular weight is 444 g/mol. The van der Waals surface area contributed by atoms with Crippen molar-refractivity contribution in [2.45, 2.75) is 32.1 Å². The van der Waals surface area contributed by atoms with Gasteiger partial charge in [0.1, 0.15) is 5.58 Å². The maximum Gasteiger partial charge on any atom is 0.269 e. The van der Waals surface area contributed by atoms with Crippen LogP contribution >= 0.6 is 0 Å². The Morgan fingerprint density at radius 2 is 1.77 bits per heavy atom. The van der Waals surface area contributed by atoms with E-state index in [1.165, 1.54) is 34.8 Å². The van der Waals surface area contributed by atoms with Crippen molar-refractivity contribution in [1.82, 2.24) is 15.2 Å². The summed E-state index contributed by atoms with van der Waals surface area (Å²) >= 11 is 0. The lowest BCUT2D eigenvalue weighted by Crippen LogP contribution is -2.42. The number of nitrogens with zero attached hydrogens (tertiary/aromatic N) is 1. The Balaban J connectivity index is 1.66. The Hall–Kier alpha value is -3.17. The summed E-state index contributed by atoms with van der Waals surface area (Å²) in [6.07, 6.45) is 1.54. The summed E-state index contributed by atoms with van der Waals surface area (Å²) in [7, 11) is -3.69. The molecule has 3 rings (SSSR count). The van der Waals surface area contributed by atoms with Gasteiger partial charge in [0.15, 0.2) is 0 Å². The Morgan fingerprint density at radius 3 is 2.48 bits per heavy atom. The quantitative estimate of drug-likeness (QED) is 0.546. The van der Waals surface area contributed by atoms with Crippen LogP contribution in [0, 0.1) is 6.92 Å². The first kappa shape index (κ1) is 22.5. The van der Waals surface area contributed by atoms with Crippen molar-refractivity contribution < 1.29 is 22.4 Å². The fraction of sp³-hybridized carbons (Fsp3) is 0.273. The smallest absolute Gasteiger partial charge is 0.269 e. The van der Waals surface area contributed by atoms with Crippen LogP contribution in [-0.2, 0) is 21.2 Å². The standard InChI is InChI=1S/C22H25N3O5S/c1-4-25(5-2)31(28,29)18-8-6-7-16(12-18)22(27)24-23-21(26)13-17-14-30-20-11-15(3)9-10-19(17)20/h6-12,14H,4-5,13H2,1-3H3,(H,23,26)(H,24,27). The molecule has 0 saturated carbocycles. The number of fused-ring (bicyclic) bond motifs is 1. The van der Waals surface area contributed by atoms with Crippen LogP contribution in [0.3, 0.4) is 0 Å². The molecule has 0 saturated heterocycles. The summed E-state index contributed by atoms with van der Waals surface area (Å²) in [5.41, 5.74) is 7.25. The van der Waals surface area contributed by atoms with Crippen LogP contribution < -0.4 is 10.9 Å². The van der Waals surface area contributed by atoms with Gasteiger partial charge in [-0.1, -0.05) is 32.0 Å². The first-order valence-electron chi connectivity index (χ1n) is 9.92. The van der Waals surface area contributed by atoms with Crippen molar-refractivity contribution in [3.63, 3.8) is 0 Å². The highest BCUT2D eigenvalue weighted by atomic mass is 32.2. The number of aryl methyl sites for hydroxylation is 1. The van der Waals surface area contributed by atoms with Gasteiger partial charge in [0.25, 0.3) is 5.91 Å². The van der Waals surface area contributed by atoms with Crippen molar-refractivity contribution in [3.8, 4) is 0 Å². The molecule has 31 heavy (non-hydrogen) atoms. The summed E-state index contributed by atoms with van der Waals surface area (Å²) in [5, 5.41) is 0.835. The number of benzene rings is 2. The summed E-state index contributed by atoms with van der Waals surface area (Å²) in [4.78, 5) is 24.7. The molecule has 1 aromatic heterocycles. The molecule has 0 aliphatic heterocycles. The number of hydrazine groups is 1. The lowest BCUT2D eigenvalue weighted by molar-refractivity contribution is -0.121. The number of hydrogen-bond donors (Lipinski definition) is 2. The Kier molecular flexibility index (Phi) is 6.77. The topological polar surface area (TPSA) is 109 Å². The van der Waals surface area contributed by atoms with Gasteiger partial charge in [0.2, 0.25) is 15.9 Å². The van der Waals surface area contributed by atoms with E-state index in [4.69, 9.17) is 4.42 Å². The number of carbonyl (C=O) groups is 2. The van der Waals surface area contributed by atoms with Crippen molar-refractivity contribution in [2.75, 3.05) is 13.1 Å². The zero-order valence-corrected chi connectivity index (χ0v) is 18.5. The molecule has 1 heterocycles. The van der Waals surface area contributed by atoms with Crippen LogP contribution in [0.25, 0.3) is 11.0 Å². The SMILES string of the molecule is CCN(CC)S(=O)(=O)c1cccc(C(=O)NNC(=O)Cc2coc3cc(C)ccc23)c1. The van der Waals surface area contributed by atoms with Crippen molar-refractivity contribution in [2.24, 2.45) is 0 Å². The van der Waals surface area contributed by atoms with Gasteiger partial charge in [-0.3, -0.25) is 20.4 Å². The minimum Gasteiger partial charge on any atom is -0.464 e. The molecule has 0 fully saturated rings. The lowest BCUT2D eigenvalue weighted by atomic mass is 10.1. The summed E-state index contributed by atoms with van der Waals surface area (Å²) in [6.45, 7) is 6.10. The molecule has 0 unspecified atom stereocenters. The van der Waals surface area contributed by atoms with Gasteiger partial charge in [0.05, 0.1) is 17.6 Å². The molecule has 0 bridgehead atoms. The molecule has 9 heteroatoms. The Morgan fingerprint density at radius 1 is 1.03 bits per heavy atom. The van der Waals surface area contributed by atoms with E-state index in [-0.39, 0.29) is 16.9 Å². The molecule has 0 aliphatic rings.